The third-order valence-corrected chi connectivity index (χ3v) is 3.52. The predicted molar refractivity (Wildman–Crippen MR) is 71.1 cm³/mol. The van der Waals surface area contributed by atoms with E-state index in [9.17, 15) is 0 Å². The first kappa shape index (κ1) is 13.7. The maximum Gasteiger partial charge on any atom is 0.0755 e. The summed E-state index contributed by atoms with van der Waals surface area (Å²) >= 11 is 6.19. The largest absolute Gasteiger partial charge is 0.404 e. The zero-order valence-corrected chi connectivity index (χ0v) is 10.9. The molecule has 0 radical (unpaired) electrons. The normalized spacial score (nSPS) is 15.5. The van der Waals surface area contributed by atoms with Crippen molar-refractivity contribution in [2.75, 3.05) is 13.3 Å². The van der Waals surface area contributed by atoms with Gasteiger partial charge in [0, 0.05) is 12.0 Å². The third-order valence-electron chi connectivity index (χ3n) is 1.90. The summed E-state index contributed by atoms with van der Waals surface area (Å²) in [5.41, 5.74) is 7.30. The smallest absolute Gasteiger partial charge is 0.0755 e. The summed E-state index contributed by atoms with van der Waals surface area (Å²) in [7, 11) is 1.76. The van der Waals surface area contributed by atoms with Crippen LogP contribution in [-0.2, 0) is 0 Å². The van der Waals surface area contributed by atoms with E-state index in [0.29, 0.717) is 0 Å². The van der Waals surface area contributed by atoms with Crippen LogP contribution >= 0.6 is 24.4 Å². The standard InChI is InChI=1S/C10H18N2S2/c1-5-8(14-4)10(13)9(12-3)7(2)6-11/h6,13H,5,11H2,1-4H3/b7-6+,10-8-,12-9?. The third kappa shape index (κ3) is 3.42. The highest BCUT2D eigenvalue weighted by atomic mass is 32.2. The number of thioether (sulfide) groups is 1. The van der Waals surface area contributed by atoms with Gasteiger partial charge in [0.1, 0.15) is 0 Å². The summed E-state index contributed by atoms with van der Waals surface area (Å²) in [5, 5.41) is 0. The molecule has 0 amide bonds. The molecule has 0 saturated carbocycles. The van der Waals surface area contributed by atoms with Crippen molar-refractivity contribution in [3.63, 3.8) is 0 Å². The van der Waals surface area contributed by atoms with E-state index in [4.69, 9.17) is 5.73 Å². The Balaban J connectivity index is 5.16. The molecule has 0 saturated heterocycles. The number of thiol groups is 1. The fourth-order valence-electron chi connectivity index (χ4n) is 1.09. The summed E-state index contributed by atoms with van der Waals surface area (Å²) < 4.78 is 0. The minimum absolute atomic E-state index is 0.877. The van der Waals surface area contributed by atoms with Crippen molar-refractivity contribution in [2.24, 2.45) is 10.7 Å². The number of rotatable bonds is 4. The fraction of sp³-hybridized carbons (Fsp3) is 0.500. The van der Waals surface area contributed by atoms with Gasteiger partial charge in [-0.15, -0.1) is 24.4 Å². The first-order valence-electron chi connectivity index (χ1n) is 4.44. The predicted octanol–water partition coefficient (Wildman–Crippen LogP) is 2.83. The first-order chi connectivity index (χ1) is 6.62. The molecule has 0 atom stereocenters. The van der Waals surface area contributed by atoms with E-state index >= 15 is 0 Å². The second-order valence-corrected chi connectivity index (χ2v) is 4.10. The Bertz CT molecular complexity index is 272. The summed E-state index contributed by atoms with van der Waals surface area (Å²) in [4.78, 5) is 6.36. The van der Waals surface area contributed by atoms with Crippen molar-refractivity contribution in [3.8, 4) is 0 Å². The lowest BCUT2D eigenvalue weighted by Crippen LogP contribution is -2.04. The molecule has 2 nitrogen and oxygen atoms in total. The van der Waals surface area contributed by atoms with E-state index in [1.807, 2.05) is 13.2 Å². The molecule has 0 aliphatic heterocycles. The van der Waals surface area contributed by atoms with Gasteiger partial charge in [-0.05, 0) is 36.3 Å². The van der Waals surface area contributed by atoms with Crippen molar-refractivity contribution in [1.29, 1.82) is 0 Å². The van der Waals surface area contributed by atoms with E-state index in [0.717, 1.165) is 22.6 Å². The molecule has 0 rings (SSSR count). The second kappa shape index (κ2) is 7.01. The van der Waals surface area contributed by atoms with Crippen LogP contribution in [0.4, 0.5) is 0 Å². The molecule has 0 bridgehead atoms. The van der Waals surface area contributed by atoms with Crippen LogP contribution in [0, 0.1) is 0 Å². The van der Waals surface area contributed by atoms with Crippen LogP contribution in [-0.4, -0.2) is 19.0 Å². The van der Waals surface area contributed by atoms with Crippen molar-refractivity contribution in [2.45, 2.75) is 20.3 Å². The molecule has 80 valence electrons. The molecule has 0 aromatic carbocycles. The van der Waals surface area contributed by atoms with Gasteiger partial charge < -0.3 is 5.73 Å². The molecule has 0 aliphatic carbocycles. The van der Waals surface area contributed by atoms with E-state index in [-0.39, 0.29) is 0 Å². The highest BCUT2D eigenvalue weighted by molar-refractivity contribution is 8.03. The lowest BCUT2D eigenvalue weighted by Gasteiger charge is -2.09. The fourth-order valence-corrected chi connectivity index (χ4v) is 2.38. The van der Waals surface area contributed by atoms with Crippen LogP contribution in [0.15, 0.2) is 26.6 Å². The monoisotopic (exact) mass is 230 g/mol. The van der Waals surface area contributed by atoms with Gasteiger partial charge in [-0.1, -0.05) is 6.92 Å². The van der Waals surface area contributed by atoms with Gasteiger partial charge in [0.05, 0.1) is 5.71 Å². The molecule has 0 aliphatic rings. The van der Waals surface area contributed by atoms with Gasteiger partial charge in [0.15, 0.2) is 0 Å². The molecular weight excluding hydrogens is 212 g/mol. The van der Waals surface area contributed by atoms with Crippen LogP contribution in [0.3, 0.4) is 0 Å². The summed E-state index contributed by atoms with van der Waals surface area (Å²) in [6, 6.07) is 0. The number of nitrogens with two attached hydrogens (primary N) is 1. The van der Waals surface area contributed by atoms with E-state index < -0.39 is 0 Å². The Morgan fingerprint density at radius 3 is 2.43 bits per heavy atom. The zero-order chi connectivity index (χ0) is 11.1. The lowest BCUT2D eigenvalue weighted by atomic mass is 10.1. The van der Waals surface area contributed by atoms with Crippen molar-refractivity contribution in [1.82, 2.24) is 0 Å². The highest BCUT2D eigenvalue weighted by Gasteiger charge is 2.08. The van der Waals surface area contributed by atoms with Crippen LogP contribution in [0.2, 0.25) is 0 Å². The lowest BCUT2D eigenvalue weighted by molar-refractivity contribution is 1.20. The minimum atomic E-state index is 0.877. The van der Waals surface area contributed by atoms with Crippen LogP contribution < -0.4 is 5.73 Å². The molecule has 0 spiro atoms. The number of nitrogens with zero attached hydrogens (tertiary/aromatic N) is 1. The zero-order valence-electron chi connectivity index (χ0n) is 9.16. The topological polar surface area (TPSA) is 38.4 Å². The second-order valence-electron chi connectivity index (χ2n) is 2.75. The Labute approximate surface area is 96.2 Å². The van der Waals surface area contributed by atoms with Crippen LogP contribution in [0.25, 0.3) is 0 Å². The van der Waals surface area contributed by atoms with E-state index in [1.54, 1.807) is 25.0 Å². The minimum Gasteiger partial charge on any atom is -0.404 e. The SMILES string of the molecule is CC/C(SC)=C(/S)C(=NC)/C(C)=C/N. The van der Waals surface area contributed by atoms with Crippen LogP contribution in [0.5, 0.6) is 0 Å². The average molecular weight is 230 g/mol. The quantitative estimate of drug-likeness (QED) is 0.576. The van der Waals surface area contributed by atoms with Gasteiger partial charge >= 0.3 is 0 Å². The maximum atomic E-state index is 5.46. The summed E-state index contributed by atoms with van der Waals surface area (Å²) in [5.74, 6) is 0. The van der Waals surface area contributed by atoms with E-state index in [2.05, 4.69) is 24.5 Å². The Kier molecular flexibility index (Phi) is 6.83. The molecule has 0 aromatic heterocycles. The van der Waals surface area contributed by atoms with Crippen molar-refractivity contribution >= 4 is 30.1 Å². The van der Waals surface area contributed by atoms with Crippen molar-refractivity contribution in [3.05, 3.63) is 21.6 Å². The van der Waals surface area contributed by atoms with Gasteiger partial charge in [0.2, 0.25) is 0 Å². The number of hydrogen-bond donors (Lipinski definition) is 2. The number of aliphatic imine (C=N–C) groups is 1. The number of allylic oxidation sites excluding steroid dienone is 3. The summed E-state index contributed by atoms with van der Waals surface area (Å²) in [6.45, 7) is 4.04. The van der Waals surface area contributed by atoms with E-state index in [1.165, 1.54) is 4.91 Å². The molecule has 14 heavy (non-hydrogen) atoms. The molecule has 0 fully saturated rings. The molecular formula is C10H18N2S2. The summed E-state index contributed by atoms with van der Waals surface area (Å²) in [6.07, 6.45) is 4.58. The van der Waals surface area contributed by atoms with Gasteiger partial charge in [-0.25, -0.2) is 0 Å². The maximum absolute atomic E-state index is 5.46. The Morgan fingerprint density at radius 2 is 2.14 bits per heavy atom. The van der Waals surface area contributed by atoms with Crippen molar-refractivity contribution < 1.29 is 0 Å². The van der Waals surface area contributed by atoms with Gasteiger partial charge in [-0.3, -0.25) is 4.99 Å². The Morgan fingerprint density at radius 1 is 1.57 bits per heavy atom. The molecule has 4 heteroatoms. The van der Waals surface area contributed by atoms with Gasteiger partial charge in [-0.2, -0.15) is 0 Å². The molecule has 2 N–H and O–H groups in total. The average Bonchev–Trinajstić information content (AvgIpc) is 2.20. The molecule has 0 aromatic rings. The number of hydrogen-bond acceptors (Lipinski definition) is 4. The first-order valence-corrected chi connectivity index (χ1v) is 6.11. The highest BCUT2D eigenvalue weighted by Crippen LogP contribution is 2.25. The van der Waals surface area contributed by atoms with Crippen LogP contribution in [0.1, 0.15) is 20.3 Å². The van der Waals surface area contributed by atoms with Gasteiger partial charge in [0.25, 0.3) is 0 Å². The Hall–Kier alpha value is -0.350. The molecule has 0 unspecified atom stereocenters. The molecule has 0 heterocycles.